The largest absolute Gasteiger partial charge is 0.378 e. The molecule has 0 N–H and O–H groups in total. The minimum atomic E-state index is 0.0341. The highest BCUT2D eigenvalue weighted by atomic mass is 32.2. The number of thioether (sulfide) groups is 1. The van der Waals surface area contributed by atoms with Crippen LogP contribution in [0, 0.1) is 0 Å². The number of benzene rings is 2. The average molecular weight is 395 g/mol. The van der Waals surface area contributed by atoms with E-state index < -0.39 is 0 Å². The molecule has 28 heavy (non-hydrogen) atoms. The maximum Gasteiger partial charge on any atom is 0.254 e. The predicted octanol–water partition coefficient (Wildman–Crippen LogP) is 4.32. The van der Waals surface area contributed by atoms with E-state index in [2.05, 4.69) is 34.1 Å². The van der Waals surface area contributed by atoms with E-state index in [-0.39, 0.29) is 5.91 Å². The molecule has 0 radical (unpaired) electrons. The third-order valence-electron chi connectivity index (χ3n) is 4.66. The van der Waals surface area contributed by atoms with Gasteiger partial charge in [-0.25, -0.2) is 4.98 Å². The highest BCUT2D eigenvalue weighted by Crippen LogP contribution is 2.20. The number of carbonyl (C=O) groups is 1. The molecule has 0 atom stereocenters. The van der Waals surface area contributed by atoms with E-state index in [1.807, 2.05) is 67.2 Å². The van der Waals surface area contributed by atoms with Gasteiger partial charge in [0.05, 0.1) is 0 Å². The number of hydrogen-bond donors (Lipinski definition) is 0. The minimum absolute atomic E-state index is 0.0341. The second kappa shape index (κ2) is 8.97. The Morgan fingerprint density at radius 2 is 1.89 bits per heavy atom. The number of anilines is 1. The van der Waals surface area contributed by atoms with Crippen molar-refractivity contribution in [3.63, 3.8) is 0 Å². The van der Waals surface area contributed by atoms with Crippen molar-refractivity contribution in [2.75, 3.05) is 31.8 Å². The quantitative estimate of drug-likeness (QED) is 0.560. The molecule has 0 fully saturated rings. The van der Waals surface area contributed by atoms with Gasteiger partial charge in [0.15, 0.2) is 5.16 Å². The zero-order valence-corrected chi connectivity index (χ0v) is 17.6. The van der Waals surface area contributed by atoms with Crippen molar-refractivity contribution in [2.45, 2.75) is 18.6 Å². The van der Waals surface area contributed by atoms with Crippen LogP contribution >= 0.6 is 11.8 Å². The lowest BCUT2D eigenvalue weighted by Gasteiger charge is -2.22. The Bertz CT molecular complexity index is 934. The molecule has 0 spiro atoms. The van der Waals surface area contributed by atoms with Crippen molar-refractivity contribution in [1.82, 2.24) is 14.5 Å². The van der Waals surface area contributed by atoms with Crippen molar-refractivity contribution < 1.29 is 4.79 Å². The summed E-state index contributed by atoms with van der Waals surface area (Å²) < 4.78 is 2.00. The summed E-state index contributed by atoms with van der Waals surface area (Å²) in [7, 11) is 4.04. The van der Waals surface area contributed by atoms with E-state index in [0.717, 1.165) is 22.1 Å². The molecular weight excluding hydrogens is 368 g/mol. The molecule has 0 saturated heterocycles. The molecule has 0 aliphatic carbocycles. The van der Waals surface area contributed by atoms with Gasteiger partial charge in [0.1, 0.15) is 0 Å². The number of hydrogen-bond acceptors (Lipinski definition) is 4. The smallest absolute Gasteiger partial charge is 0.254 e. The molecule has 1 amide bonds. The predicted molar refractivity (Wildman–Crippen MR) is 117 cm³/mol. The van der Waals surface area contributed by atoms with Crippen LogP contribution in [0.25, 0.3) is 5.69 Å². The number of rotatable bonds is 7. The molecule has 2 aromatic carbocycles. The zero-order chi connectivity index (χ0) is 20.1. The number of carbonyl (C=O) groups excluding carboxylic acids is 1. The summed E-state index contributed by atoms with van der Waals surface area (Å²) in [6.07, 6.45) is 5.68. The molecule has 6 heteroatoms. The lowest BCUT2D eigenvalue weighted by molar-refractivity contribution is 0.0752. The van der Waals surface area contributed by atoms with Crippen LogP contribution < -0.4 is 4.90 Å². The lowest BCUT2D eigenvalue weighted by Crippen LogP contribution is -2.30. The molecule has 1 aromatic heterocycles. The molecule has 1 heterocycles. The van der Waals surface area contributed by atoms with Crippen molar-refractivity contribution in [2.24, 2.45) is 0 Å². The van der Waals surface area contributed by atoms with E-state index in [0.29, 0.717) is 18.7 Å². The van der Waals surface area contributed by atoms with E-state index >= 15 is 0 Å². The van der Waals surface area contributed by atoms with Crippen molar-refractivity contribution in [3.8, 4) is 5.69 Å². The van der Waals surface area contributed by atoms with Crippen LogP contribution in [0.1, 0.15) is 22.8 Å². The second-order valence-electron chi connectivity index (χ2n) is 6.71. The molecular formula is C22H26N4OS. The summed E-state index contributed by atoms with van der Waals surface area (Å²) in [5.74, 6) is 0.0341. The van der Waals surface area contributed by atoms with Crippen LogP contribution in [-0.2, 0) is 6.54 Å². The van der Waals surface area contributed by atoms with Crippen LogP contribution in [0.15, 0.2) is 66.1 Å². The first-order chi connectivity index (χ1) is 13.5. The van der Waals surface area contributed by atoms with Crippen LogP contribution in [0.4, 0.5) is 5.69 Å². The Labute approximate surface area is 171 Å². The Morgan fingerprint density at radius 3 is 2.54 bits per heavy atom. The molecule has 0 bridgehead atoms. The monoisotopic (exact) mass is 394 g/mol. The lowest BCUT2D eigenvalue weighted by atomic mass is 10.1. The van der Waals surface area contributed by atoms with Crippen molar-refractivity contribution >= 4 is 23.4 Å². The normalized spacial score (nSPS) is 10.7. The molecule has 3 aromatic rings. The summed E-state index contributed by atoms with van der Waals surface area (Å²) in [6.45, 7) is 3.26. The molecule has 0 aliphatic heterocycles. The van der Waals surface area contributed by atoms with Gasteiger partial charge in [-0.2, -0.15) is 0 Å². The molecule has 0 saturated carbocycles. The van der Waals surface area contributed by atoms with E-state index in [9.17, 15) is 4.79 Å². The maximum absolute atomic E-state index is 13.1. The topological polar surface area (TPSA) is 41.4 Å². The van der Waals surface area contributed by atoms with E-state index in [1.165, 1.54) is 0 Å². The standard InChI is InChI=1S/C22H26N4OS/c1-5-25(16-17-9-11-19(12-10-17)24(2)3)21(27)18-7-6-8-20(15-18)26-14-13-23-22(26)28-4/h6-15H,5,16H2,1-4H3. The van der Waals surface area contributed by atoms with Crippen LogP contribution in [-0.4, -0.2) is 47.3 Å². The van der Waals surface area contributed by atoms with Gasteiger partial charge in [0.25, 0.3) is 5.91 Å². The third-order valence-corrected chi connectivity index (χ3v) is 5.32. The second-order valence-corrected chi connectivity index (χ2v) is 7.49. The first-order valence-electron chi connectivity index (χ1n) is 9.26. The SMILES string of the molecule is CCN(Cc1ccc(N(C)C)cc1)C(=O)c1cccc(-n2ccnc2SC)c1. The fourth-order valence-corrected chi connectivity index (χ4v) is 3.58. The Balaban J connectivity index is 1.80. The molecule has 3 rings (SSSR count). The molecule has 146 valence electrons. The van der Waals surface area contributed by atoms with Gasteiger partial charge in [-0.05, 0) is 49.1 Å². The molecule has 5 nitrogen and oxygen atoms in total. The molecule has 0 unspecified atom stereocenters. The minimum Gasteiger partial charge on any atom is -0.378 e. The summed E-state index contributed by atoms with van der Waals surface area (Å²) >= 11 is 1.58. The number of amides is 1. The van der Waals surface area contributed by atoms with E-state index in [4.69, 9.17) is 0 Å². The number of imidazole rings is 1. The maximum atomic E-state index is 13.1. The number of aromatic nitrogens is 2. The Hall–Kier alpha value is -2.73. The van der Waals surface area contributed by atoms with Crippen molar-refractivity contribution in [3.05, 3.63) is 72.1 Å². The van der Waals surface area contributed by atoms with Crippen LogP contribution in [0.2, 0.25) is 0 Å². The molecule has 0 aliphatic rings. The Morgan fingerprint density at radius 1 is 1.14 bits per heavy atom. The summed E-state index contributed by atoms with van der Waals surface area (Å²) in [4.78, 5) is 21.4. The third kappa shape index (κ3) is 4.39. The summed E-state index contributed by atoms with van der Waals surface area (Å²) in [6, 6.07) is 16.0. The fourth-order valence-electron chi connectivity index (χ4n) is 3.06. The van der Waals surface area contributed by atoms with Gasteiger partial charge in [-0.1, -0.05) is 30.0 Å². The van der Waals surface area contributed by atoms with Gasteiger partial charge < -0.3 is 9.80 Å². The van der Waals surface area contributed by atoms with E-state index in [1.54, 1.807) is 18.0 Å². The fraction of sp³-hybridized carbons (Fsp3) is 0.273. The van der Waals surface area contributed by atoms with Gasteiger partial charge in [-0.15, -0.1) is 0 Å². The highest BCUT2D eigenvalue weighted by Gasteiger charge is 2.16. The van der Waals surface area contributed by atoms with Crippen molar-refractivity contribution in [1.29, 1.82) is 0 Å². The Kier molecular flexibility index (Phi) is 6.41. The first-order valence-corrected chi connectivity index (χ1v) is 10.5. The van der Waals surface area contributed by atoms with Crippen LogP contribution in [0.3, 0.4) is 0 Å². The van der Waals surface area contributed by atoms with Crippen LogP contribution in [0.5, 0.6) is 0 Å². The van der Waals surface area contributed by atoms with Gasteiger partial charge in [-0.3, -0.25) is 9.36 Å². The zero-order valence-electron chi connectivity index (χ0n) is 16.8. The van der Waals surface area contributed by atoms with Gasteiger partial charge in [0, 0.05) is 56.5 Å². The first kappa shape index (κ1) is 20.0. The number of nitrogens with zero attached hydrogens (tertiary/aromatic N) is 4. The average Bonchev–Trinajstić information content (AvgIpc) is 3.21. The van der Waals surface area contributed by atoms with Gasteiger partial charge in [0.2, 0.25) is 0 Å². The van der Waals surface area contributed by atoms with Gasteiger partial charge >= 0.3 is 0 Å². The summed E-state index contributed by atoms with van der Waals surface area (Å²) in [5, 5.41) is 0.901. The highest BCUT2D eigenvalue weighted by molar-refractivity contribution is 7.98. The summed E-state index contributed by atoms with van der Waals surface area (Å²) in [5.41, 5.74) is 3.90.